The highest BCUT2D eigenvalue weighted by Gasteiger charge is 2.12. The van der Waals surface area contributed by atoms with Gasteiger partial charge in [-0.3, -0.25) is 9.48 Å². The van der Waals surface area contributed by atoms with Crippen LogP contribution in [0.5, 0.6) is 0 Å². The summed E-state index contributed by atoms with van der Waals surface area (Å²) in [6, 6.07) is 7.76. The summed E-state index contributed by atoms with van der Waals surface area (Å²) in [5.41, 5.74) is 1.08. The Morgan fingerprint density at radius 1 is 1.29 bits per heavy atom. The highest BCUT2D eigenvalue weighted by atomic mass is 16.1. The molecule has 1 aromatic heterocycles. The van der Waals surface area contributed by atoms with Crippen molar-refractivity contribution >= 4 is 10.9 Å². The maximum absolute atomic E-state index is 12.2. The molecular formula is C14H18N2O. The fourth-order valence-corrected chi connectivity index (χ4v) is 2.10. The Labute approximate surface area is 101 Å². The van der Waals surface area contributed by atoms with E-state index in [0.717, 1.165) is 17.4 Å². The van der Waals surface area contributed by atoms with Gasteiger partial charge in [0.1, 0.15) is 0 Å². The molecule has 0 radical (unpaired) electrons. The number of fused-ring (bicyclic) bond motifs is 1. The maximum Gasteiger partial charge on any atom is 0.274 e. The Hall–Kier alpha value is -1.77. The van der Waals surface area contributed by atoms with Gasteiger partial charge in [-0.1, -0.05) is 32.1 Å². The quantitative estimate of drug-likeness (QED) is 0.742. The zero-order chi connectivity index (χ0) is 12.4. The van der Waals surface area contributed by atoms with E-state index in [9.17, 15) is 4.79 Å². The fraction of sp³-hybridized carbons (Fsp3) is 0.357. The summed E-state index contributed by atoms with van der Waals surface area (Å²) in [5.74, 6) is 0.501. The number of benzene rings is 1. The van der Waals surface area contributed by atoms with Crippen LogP contribution in [0.15, 0.2) is 41.7 Å². The Morgan fingerprint density at radius 3 is 2.65 bits per heavy atom. The summed E-state index contributed by atoms with van der Waals surface area (Å²) >= 11 is 0. The van der Waals surface area contributed by atoms with Crippen molar-refractivity contribution in [3.63, 3.8) is 0 Å². The number of rotatable bonds is 4. The normalized spacial score (nSPS) is 11.2. The van der Waals surface area contributed by atoms with Crippen LogP contribution in [0.1, 0.15) is 13.8 Å². The third kappa shape index (κ3) is 2.05. The minimum Gasteiger partial charge on any atom is -0.281 e. The van der Waals surface area contributed by atoms with Gasteiger partial charge in [0.15, 0.2) is 0 Å². The summed E-state index contributed by atoms with van der Waals surface area (Å²) in [5, 5.41) is 0.787. The minimum atomic E-state index is 0.0705. The molecule has 0 amide bonds. The van der Waals surface area contributed by atoms with E-state index in [2.05, 4.69) is 25.1 Å². The number of hydrogen-bond donors (Lipinski definition) is 0. The molecule has 0 aliphatic carbocycles. The Morgan fingerprint density at radius 2 is 2.00 bits per heavy atom. The smallest absolute Gasteiger partial charge is 0.274 e. The third-order valence-electron chi connectivity index (χ3n) is 2.78. The second-order valence-corrected chi connectivity index (χ2v) is 4.67. The van der Waals surface area contributed by atoms with E-state index in [4.69, 9.17) is 0 Å². The molecule has 1 aromatic carbocycles. The van der Waals surface area contributed by atoms with E-state index in [1.54, 1.807) is 10.8 Å². The van der Waals surface area contributed by atoms with E-state index in [-0.39, 0.29) is 5.56 Å². The first-order valence-corrected chi connectivity index (χ1v) is 5.94. The number of para-hydroxylation sites is 1. The molecule has 2 aromatic rings. The number of nitrogens with zero attached hydrogens (tertiary/aromatic N) is 2. The zero-order valence-corrected chi connectivity index (χ0v) is 10.4. The molecule has 2 rings (SSSR count). The van der Waals surface area contributed by atoms with E-state index >= 15 is 0 Å². The Balaban J connectivity index is 2.71. The highest BCUT2D eigenvalue weighted by Crippen LogP contribution is 2.13. The summed E-state index contributed by atoms with van der Waals surface area (Å²) in [6.07, 6.45) is 1.76. The summed E-state index contributed by atoms with van der Waals surface area (Å²) in [6.45, 7) is 9.41. The number of aromatic nitrogens is 2. The topological polar surface area (TPSA) is 26.9 Å². The van der Waals surface area contributed by atoms with Crippen LogP contribution in [-0.2, 0) is 13.1 Å². The molecule has 0 spiro atoms. The van der Waals surface area contributed by atoms with Gasteiger partial charge in [-0.2, -0.15) is 0 Å². The standard InChI is InChI=1S/C14H18N2O/c1-4-9-15-14(17)12-7-5-6-8-13(12)16(15)10-11(2)3/h4-8,11H,1,9-10H2,2-3H3. The van der Waals surface area contributed by atoms with Gasteiger partial charge in [-0.05, 0) is 18.1 Å². The van der Waals surface area contributed by atoms with Crippen molar-refractivity contribution in [2.75, 3.05) is 0 Å². The van der Waals surface area contributed by atoms with Crippen LogP contribution >= 0.6 is 0 Å². The van der Waals surface area contributed by atoms with Gasteiger partial charge < -0.3 is 0 Å². The van der Waals surface area contributed by atoms with Crippen molar-refractivity contribution in [2.24, 2.45) is 5.92 Å². The number of hydrogen-bond acceptors (Lipinski definition) is 1. The lowest BCUT2D eigenvalue weighted by Gasteiger charge is -2.13. The van der Waals surface area contributed by atoms with Gasteiger partial charge in [0, 0.05) is 6.54 Å². The lowest BCUT2D eigenvalue weighted by molar-refractivity contribution is 0.420. The molecule has 1 heterocycles. The summed E-state index contributed by atoms with van der Waals surface area (Å²) in [4.78, 5) is 12.2. The molecule has 0 aliphatic rings. The van der Waals surface area contributed by atoms with Gasteiger partial charge in [0.05, 0.1) is 17.4 Å². The lowest BCUT2D eigenvalue weighted by atomic mass is 10.2. The van der Waals surface area contributed by atoms with Crippen molar-refractivity contribution < 1.29 is 0 Å². The molecule has 3 heteroatoms. The van der Waals surface area contributed by atoms with Crippen LogP contribution in [0.4, 0.5) is 0 Å². The second-order valence-electron chi connectivity index (χ2n) is 4.67. The molecule has 0 atom stereocenters. The maximum atomic E-state index is 12.2. The molecule has 0 aliphatic heterocycles. The van der Waals surface area contributed by atoms with Crippen molar-refractivity contribution in [2.45, 2.75) is 26.9 Å². The largest absolute Gasteiger partial charge is 0.281 e. The van der Waals surface area contributed by atoms with Gasteiger partial charge in [-0.15, -0.1) is 6.58 Å². The molecule has 0 saturated carbocycles. The van der Waals surface area contributed by atoms with Gasteiger partial charge in [0.25, 0.3) is 5.56 Å². The summed E-state index contributed by atoms with van der Waals surface area (Å²) < 4.78 is 3.82. The monoisotopic (exact) mass is 230 g/mol. The highest BCUT2D eigenvalue weighted by molar-refractivity contribution is 5.78. The number of allylic oxidation sites excluding steroid dienone is 1. The van der Waals surface area contributed by atoms with Crippen molar-refractivity contribution in [1.82, 2.24) is 9.36 Å². The van der Waals surface area contributed by atoms with Crippen LogP contribution < -0.4 is 5.56 Å². The molecule has 0 N–H and O–H groups in total. The van der Waals surface area contributed by atoms with E-state index in [1.807, 2.05) is 24.3 Å². The van der Waals surface area contributed by atoms with Crippen LogP contribution in [0.25, 0.3) is 10.9 Å². The average Bonchev–Trinajstić information content (AvgIpc) is 2.55. The minimum absolute atomic E-state index is 0.0705. The van der Waals surface area contributed by atoms with Gasteiger partial charge in [0.2, 0.25) is 0 Å². The van der Waals surface area contributed by atoms with Crippen LogP contribution in [-0.4, -0.2) is 9.36 Å². The van der Waals surface area contributed by atoms with Crippen molar-refractivity contribution in [3.8, 4) is 0 Å². The van der Waals surface area contributed by atoms with Crippen molar-refractivity contribution in [1.29, 1.82) is 0 Å². The predicted molar refractivity (Wildman–Crippen MR) is 71.2 cm³/mol. The predicted octanol–water partition coefficient (Wildman–Crippen LogP) is 2.65. The third-order valence-corrected chi connectivity index (χ3v) is 2.78. The molecule has 0 unspecified atom stereocenters. The van der Waals surface area contributed by atoms with Crippen LogP contribution in [0, 0.1) is 5.92 Å². The van der Waals surface area contributed by atoms with Crippen molar-refractivity contribution in [3.05, 3.63) is 47.3 Å². The molecule has 0 saturated heterocycles. The Bertz CT molecular complexity index is 590. The van der Waals surface area contributed by atoms with E-state index in [1.165, 1.54) is 0 Å². The first kappa shape index (κ1) is 11.7. The molecule has 17 heavy (non-hydrogen) atoms. The summed E-state index contributed by atoms with van der Waals surface area (Å²) in [7, 11) is 0. The van der Waals surface area contributed by atoms with E-state index in [0.29, 0.717) is 12.5 Å². The Kier molecular flexibility index (Phi) is 3.18. The average molecular weight is 230 g/mol. The molecule has 0 bridgehead atoms. The van der Waals surface area contributed by atoms with Crippen LogP contribution in [0.3, 0.4) is 0 Å². The fourth-order valence-electron chi connectivity index (χ4n) is 2.10. The molecule has 3 nitrogen and oxygen atoms in total. The van der Waals surface area contributed by atoms with Crippen LogP contribution in [0.2, 0.25) is 0 Å². The molecule has 0 fully saturated rings. The molecular weight excluding hydrogens is 212 g/mol. The van der Waals surface area contributed by atoms with E-state index < -0.39 is 0 Å². The van der Waals surface area contributed by atoms with Gasteiger partial charge >= 0.3 is 0 Å². The second kappa shape index (κ2) is 4.62. The first-order valence-electron chi connectivity index (χ1n) is 5.94. The SMILES string of the molecule is C=CCn1c(=O)c2ccccc2n1CC(C)C. The molecule has 90 valence electrons. The van der Waals surface area contributed by atoms with Gasteiger partial charge in [-0.25, -0.2) is 4.68 Å². The first-order chi connectivity index (χ1) is 8.15. The lowest BCUT2D eigenvalue weighted by Crippen LogP contribution is -2.23. The zero-order valence-electron chi connectivity index (χ0n) is 10.4.